The molecule has 0 radical (unpaired) electrons. The first kappa shape index (κ1) is 29.9. The van der Waals surface area contributed by atoms with Crippen LogP contribution >= 0.6 is 17.0 Å². The summed E-state index contributed by atoms with van der Waals surface area (Å²) in [6, 6.07) is 0. The molecular formula is C24H42Cl2Zr. The quantitative estimate of drug-likeness (QED) is 0.256. The third-order valence-electron chi connectivity index (χ3n) is 5.89. The maximum atomic E-state index is 4.93. The zero-order chi connectivity index (χ0) is 18.3. The Morgan fingerprint density at radius 1 is 1.00 bits per heavy atom. The van der Waals surface area contributed by atoms with E-state index in [9.17, 15) is 0 Å². The summed E-state index contributed by atoms with van der Waals surface area (Å²) < 4.78 is 0. The van der Waals surface area contributed by atoms with E-state index in [1.807, 2.05) is 0 Å². The third kappa shape index (κ3) is 12.8. The van der Waals surface area contributed by atoms with Crippen LogP contribution in [0, 0.1) is 38.5 Å². The van der Waals surface area contributed by atoms with Crippen molar-refractivity contribution in [1.82, 2.24) is 0 Å². The van der Waals surface area contributed by atoms with Crippen LogP contribution < -0.4 is 0 Å². The Hall–Kier alpha value is 0.683. The number of allylic oxidation sites excluding steroid dienone is 5. The van der Waals surface area contributed by atoms with Crippen LogP contribution in [-0.4, -0.2) is 0 Å². The summed E-state index contributed by atoms with van der Waals surface area (Å²) in [5.74, 6) is 3.72. The predicted molar refractivity (Wildman–Crippen MR) is 123 cm³/mol. The Morgan fingerprint density at radius 2 is 1.63 bits per heavy atom. The molecule has 3 aliphatic rings. The molecule has 156 valence electrons. The van der Waals surface area contributed by atoms with Gasteiger partial charge in [0, 0.05) is 0 Å². The van der Waals surface area contributed by atoms with Crippen LogP contribution in [0.3, 0.4) is 0 Å². The van der Waals surface area contributed by atoms with E-state index in [1.165, 1.54) is 70.6 Å². The Kier molecular flexibility index (Phi) is 22.1. The summed E-state index contributed by atoms with van der Waals surface area (Å²) in [4.78, 5) is 0. The van der Waals surface area contributed by atoms with Crippen molar-refractivity contribution in [3.63, 3.8) is 0 Å². The molecule has 0 aromatic heterocycles. The fourth-order valence-corrected chi connectivity index (χ4v) is 4.53. The predicted octanol–water partition coefficient (Wildman–Crippen LogP) is 9.36. The SMILES string of the molecule is C=CCCC1CCC2C=CC=CC21.CCCCC1CCCC1.[CH3-].[CH3-].[Cl][Zr+2][Cl]. The first-order valence-corrected chi connectivity index (χ1v) is 16.5. The molecule has 3 unspecified atom stereocenters. The number of unbranched alkanes of at least 4 members (excludes halogenated alkanes) is 1. The Bertz CT molecular complexity index is 386. The second kappa shape index (κ2) is 20.0. The summed E-state index contributed by atoms with van der Waals surface area (Å²) in [6.07, 6.45) is 27.0. The number of hydrogen-bond acceptors (Lipinski definition) is 0. The number of rotatable bonds is 6. The van der Waals surface area contributed by atoms with Gasteiger partial charge < -0.3 is 14.9 Å². The van der Waals surface area contributed by atoms with E-state index < -0.39 is 20.8 Å². The van der Waals surface area contributed by atoms with Crippen LogP contribution in [0.25, 0.3) is 0 Å². The van der Waals surface area contributed by atoms with Crippen molar-refractivity contribution in [3.05, 3.63) is 51.8 Å². The van der Waals surface area contributed by atoms with Crippen molar-refractivity contribution in [1.29, 1.82) is 0 Å². The molecular weight excluding hydrogens is 450 g/mol. The van der Waals surface area contributed by atoms with Gasteiger partial charge in [-0.2, -0.15) is 0 Å². The van der Waals surface area contributed by atoms with Gasteiger partial charge in [-0.25, -0.2) is 0 Å². The molecule has 0 nitrogen and oxygen atoms in total. The van der Waals surface area contributed by atoms with Crippen molar-refractivity contribution in [3.8, 4) is 0 Å². The summed E-state index contributed by atoms with van der Waals surface area (Å²) in [5.41, 5.74) is 0. The summed E-state index contributed by atoms with van der Waals surface area (Å²) in [6.45, 7) is 6.08. The Labute approximate surface area is 189 Å². The van der Waals surface area contributed by atoms with Gasteiger partial charge >= 0.3 is 37.9 Å². The molecule has 3 heteroatoms. The zero-order valence-electron chi connectivity index (χ0n) is 17.9. The summed E-state index contributed by atoms with van der Waals surface area (Å²) in [7, 11) is 9.87. The van der Waals surface area contributed by atoms with Gasteiger partial charge in [0.15, 0.2) is 0 Å². The minimum absolute atomic E-state index is 0. The number of halogens is 2. The van der Waals surface area contributed by atoms with E-state index in [0.717, 1.165) is 23.7 Å². The molecule has 0 bridgehead atoms. The van der Waals surface area contributed by atoms with Gasteiger partial charge in [-0.3, -0.25) is 0 Å². The molecule has 0 aromatic carbocycles. The van der Waals surface area contributed by atoms with Gasteiger partial charge in [0.1, 0.15) is 0 Å². The first-order chi connectivity index (χ1) is 12.3. The maximum absolute atomic E-state index is 4.93. The molecule has 2 fully saturated rings. The standard InChI is InChI=1S/C13H18.C9H18.2CH3.2ClH.Zr/c1-2-3-6-11-9-10-12-7-4-5-8-13(11)12;1-2-3-6-9-7-4-5-8-9;;;;;/h2,4-5,7-8,11-13H,1,3,6,9-10H2;9H,2-8H2,1H3;2*1H3;2*1H;/q;;2*-1;;;+4/p-2. The molecule has 0 spiro atoms. The van der Waals surface area contributed by atoms with Crippen LogP contribution in [0.2, 0.25) is 0 Å². The van der Waals surface area contributed by atoms with Gasteiger partial charge in [-0.15, -0.1) is 6.58 Å². The van der Waals surface area contributed by atoms with Crippen LogP contribution in [-0.2, 0) is 20.8 Å². The van der Waals surface area contributed by atoms with Crippen molar-refractivity contribution in [2.45, 2.75) is 77.6 Å². The summed E-state index contributed by atoms with van der Waals surface area (Å²) in [5, 5.41) is 0. The molecule has 0 aliphatic heterocycles. The van der Waals surface area contributed by atoms with E-state index in [-0.39, 0.29) is 14.9 Å². The van der Waals surface area contributed by atoms with Crippen LogP contribution in [0.1, 0.15) is 77.6 Å². The van der Waals surface area contributed by atoms with Gasteiger partial charge in [0.25, 0.3) is 0 Å². The van der Waals surface area contributed by atoms with Crippen LogP contribution in [0.5, 0.6) is 0 Å². The van der Waals surface area contributed by atoms with Gasteiger partial charge in [-0.1, -0.05) is 82.2 Å². The molecule has 3 aliphatic carbocycles. The fourth-order valence-electron chi connectivity index (χ4n) is 4.53. The molecule has 3 rings (SSSR count). The average molecular weight is 493 g/mol. The number of hydrogen-bond donors (Lipinski definition) is 0. The molecule has 27 heavy (non-hydrogen) atoms. The molecule has 0 heterocycles. The second-order valence-electron chi connectivity index (χ2n) is 7.58. The van der Waals surface area contributed by atoms with E-state index in [4.69, 9.17) is 17.0 Å². The monoisotopic (exact) mass is 490 g/mol. The third-order valence-corrected chi connectivity index (χ3v) is 5.89. The Morgan fingerprint density at radius 3 is 2.22 bits per heavy atom. The van der Waals surface area contributed by atoms with Crippen LogP contribution in [0.4, 0.5) is 0 Å². The zero-order valence-corrected chi connectivity index (χ0v) is 21.9. The normalized spacial score (nSPS) is 24.8. The molecule has 3 atom stereocenters. The minimum atomic E-state index is -0.826. The first-order valence-electron chi connectivity index (χ1n) is 10.2. The number of fused-ring (bicyclic) bond motifs is 1. The van der Waals surface area contributed by atoms with E-state index in [2.05, 4.69) is 43.9 Å². The van der Waals surface area contributed by atoms with Crippen LogP contribution in [0.15, 0.2) is 37.0 Å². The van der Waals surface area contributed by atoms with Crippen molar-refractivity contribution in [2.24, 2.45) is 23.7 Å². The molecule has 2 saturated carbocycles. The molecule has 0 amide bonds. The van der Waals surface area contributed by atoms with E-state index >= 15 is 0 Å². The Balaban J connectivity index is 0. The molecule has 0 aromatic rings. The average Bonchev–Trinajstić information content (AvgIpc) is 3.29. The summed E-state index contributed by atoms with van der Waals surface area (Å²) >= 11 is -0.826. The topological polar surface area (TPSA) is 0 Å². The van der Waals surface area contributed by atoms with Gasteiger partial charge in [0.2, 0.25) is 0 Å². The van der Waals surface area contributed by atoms with Crippen molar-refractivity contribution >= 4 is 17.0 Å². The van der Waals surface area contributed by atoms with E-state index in [0.29, 0.717) is 0 Å². The molecule has 0 N–H and O–H groups in total. The second-order valence-corrected chi connectivity index (χ2v) is 11.3. The van der Waals surface area contributed by atoms with Gasteiger partial charge in [0.05, 0.1) is 0 Å². The molecule has 0 saturated heterocycles. The van der Waals surface area contributed by atoms with Gasteiger partial charge in [-0.05, 0) is 49.4 Å². The van der Waals surface area contributed by atoms with Crippen molar-refractivity contribution in [2.75, 3.05) is 0 Å². The van der Waals surface area contributed by atoms with Crippen molar-refractivity contribution < 1.29 is 20.8 Å². The fraction of sp³-hybridized carbons (Fsp3) is 0.667. The van der Waals surface area contributed by atoms with E-state index in [1.54, 1.807) is 0 Å².